The molecule has 1 N–H and O–H groups in total. The van der Waals surface area contributed by atoms with Crippen LogP contribution >= 0.6 is 15.9 Å². The minimum atomic E-state index is 0.148. The zero-order valence-corrected chi connectivity index (χ0v) is 13.2. The summed E-state index contributed by atoms with van der Waals surface area (Å²) >= 11 is 3.47. The number of amides is 1. The third kappa shape index (κ3) is 3.20. The van der Waals surface area contributed by atoms with Crippen molar-refractivity contribution in [3.63, 3.8) is 0 Å². The number of aryl methyl sites for hydroxylation is 1. The van der Waals surface area contributed by atoms with Crippen molar-refractivity contribution in [1.29, 1.82) is 0 Å². The Morgan fingerprint density at radius 3 is 2.95 bits per heavy atom. The lowest BCUT2D eigenvalue weighted by molar-refractivity contribution is 0.0692. The monoisotopic (exact) mass is 327 g/mol. The fourth-order valence-corrected chi connectivity index (χ4v) is 3.16. The van der Waals surface area contributed by atoms with Gasteiger partial charge in [-0.2, -0.15) is 0 Å². The molecule has 1 aliphatic heterocycles. The second-order valence-electron chi connectivity index (χ2n) is 4.97. The summed E-state index contributed by atoms with van der Waals surface area (Å²) in [6.45, 7) is 7.75. The van der Waals surface area contributed by atoms with E-state index in [0.717, 1.165) is 49.2 Å². The Hall–Kier alpha value is -0.810. The van der Waals surface area contributed by atoms with Gasteiger partial charge in [0.2, 0.25) is 0 Å². The first kappa shape index (κ1) is 14.6. The van der Waals surface area contributed by atoms with E-state index in [1.165, 1.54) is 0 Å². The Morgan fingerprint density at radius 2 is 2.37 bits per heavy atom. The van der Waals surface area contributed by atoms with E-state index in [0.29, 0.717) is 6.04 Å². The first-order chi connectivity index (χ1) is 9.17. The summed E-state index contributed by atoms with van der Waals surface area (Å²) in [6.07, 6.45) is 4.07. The second kappa shape index (κ2) is 6.57. The SMILES string of the molecule is CCCn1cc(Br)cc1C(=O)N(CC)C1CCNC1. The highest BCUT2D eigenvalue weighted by Gasteiger charge is 2.27. The normalized spacial score (nSPS) is 18.8. The van der Waals surface area contributed by atoms with E-state index >= 15 is 0 Å². The van der Waals surface area contributed by atoms with Gasteiger partial charge in [-0.3, -0.25) is 4.79 Å². The van der Waals surface area contributed by atoms with E-state index in [4.69, 9.17) is 0 Å². The van der Waals surface area contributed by atoms with Gasteiger partial charge in [0.25, 0.3) is 5.91 Å². The molecule has 1 saturated heterocycles. The van der Waals surface area contributed by atoms with Crippen molar-refractivity contribution in [2.45, 2.75) is 39.3 Å². The fourth-order valence-electron chi connectivity index (χ4n) is 2.70. The van der Waals surface area contributed by atoms with E-state index in [9.17, 15) is 4.79 Å². The van der Waals surface area contributed by atoms with Crippen LogP contribution in [0.3, 0.4) is 0 Å². The topological polar surface area (TPSA) is 37.3 Å². The van der Waals surface area contributed by atoms with Gasteiger partial charge in [-0.1, -0.05) is 6.92 Å². The Labute approximate surface area is 123 Å². The summed E-state index contributed by atoms with van der Waals surface area (Å²) in [6, 6.07) is 2.27. The van der Waals surface area contributed by atoms with Crippen LogP contribution in [0.15, 0.2) is 16.7 Å². The number of likely N-dealkylation sites (N-methyl/N-ethyl adjacent to an activating group) is 1. The second-order valence-corrected chi connectivity index (χ2v) is 5.89. The summed E-state index contributed by atoms with van der Waals surface area (Å²) in [4.78, 5) is 14.7. The molecule has 0 aliphatic carbocycles. The van der Waals surface area contributed by atoms with E-state index < -0.39 is 0 Å². The smallest absolute Gasteiger partial charge is 0.270 e. The fraction of sp³-hybridized carbons (Fsp3) is 0.643. The lowest BCUT2D eigenvalue weighted by Gasteiger charge is -2.27. The van der Waals surface area contributed by atoms with Crippen LogP contribution in [0.2, 0.25) is 0 Å². The van der Waals surface area contributed by atoms with Crippen molar-refractivity contribution in [2.24, 2.45) is 0 Å². The number of hydrogen-bond acceptors (Lipinski definition) is 2. The van der Waals surface area contributed by atoms with Crippen LogP contribution in [0.25, 0.3) is 0 Å². The molecule has 1 aromatic rings. The van der Waals surface area contributed by atoms with Crippen LogP contribution in [0.1, 0.15) is 37.2 Å². The lowest BCUT2D eigenvalue weighted by atomic mass is 10.2. The quantitative estimate of drug-likeness (QED) is 0.902. The maximum absolute atomic E-state index is 12.7. The first-order valence-electron chi connectivity index (χ1n) is 7.04. The van der Waals surface area contributed by atoms with Gasteiger partial charge in [-0.15, -0.1) is 0 Å². The molecule has 19 heavy (non-hydrogen) atoms. The number of aromatic nitrogens is 1. The average Bonchev–Trinajstić information content (AvgIpc) is 3.00. The highest BCUT2D eigenvalue weighted by molar-refractivity contribution is 9.10. The van der Waals surface area contributed by atoms with Crippen molar-refractivity contribution in [3.8, 4) is 0 Å². The Bertz CT molecular complexity index is 438. The van der Waals surface area contributed by atoms with Crippen LogP contribution in [-0.4, -0.2) is 41.1 Å². The Morgan fingerprint density at radius 1 is 1.58 bits per heavy atom. The van der Waals surface area contributed by atoms with Crippen LogP contribution in [0, 0.1) is 0 Å². The summed E-state index contributed by atoms with van der Waals surface area (Å²) in [5, 5.41) is 3.33. The van der Waals surface area contributed by atoms with Crippen LogP contribution in [0.4, 0.5) is 0 Å². The molecule has 1 fully saturated rings. The minimum Gasteiger partial charge on any atom is -0.342 e. The third-order valence-corrected chi connectivity index (χ3v) is 4.06. The zero-order chi connectivity index (χ0) is 13.8. The molecular formula is C14H22BrN3O. The van der Waals surface area contributed by atoms with Gasteiger partial charge in [0.1, 0.15) is 5.69 Å². The molecule has 1 aromatic heterocycles. The molecule has 1 amide bonds. The van der Waals surface area contributed by atoms with Crippen LogP contribution < -0.4 is 5.32 Å². The average molecular weight is 328 g/mol. The zero-order valence-electron chi connectivity index (χ0n) is 11.7. The summed E-state index contributed by atoms with van der Waals surface area (Å²) in [7, 11) is 0. The number of carbonyl (C=O) groups is 1. The standard InChI is InChI=1S/C14H22BrN3O/c1-3-7-17-10-11(15)8-13(17)14(19)18(4-2)12-5-6-16-9-12/h8,10,12,16H,3-7,9H2,1-2H3. The molecule has 0 radical (unpaired) electrons. The maximum Gasteiger partial charge on any atom is 0.270 e. The number of nitrogens with zero attached hydrogens (tertiary/aromatic N) is 2. The minimum absolute atomic E-state index is 0.148. The molecule has 1 unspecified atom stereocenters. The van der Waals surface area contributed by atoms with Gasteiger partial charge < -0.3 is 14.8 Å². The molecular weight excluding hydrogens is 306 g/mol. The van der Waals surface area contributed by atoms with Crippen molar-refractivity contribution >= 4 is 21.8 Å². The van der Waals surface area contributed by atoms with E-state index in [1.54, 1.807) is 0 Å². The third-order valence-electron chi connectivity index (χ3n) is 3.62. The van der Waals surface area contributed by atoms with Gasteiger partial charge in [0.15, 0.2) is 0 Å². The number of halogens is 1. The highest BCUT2D eigenvalue weighted by Crippen LogP contribution is 2.19. The molecule has 5 heteroatoms. The van der Waals surface area contributed by atoms with Gasteiger partial charge >= 0.3 is 0 Å². The molecule has 1 aliphatic rings. The molecule has 106 valence electrons. The van der Waals surface area contributed by atoms with Gasteiger partial charge in [-0.25, -0.2) is 0 Å². The van der Waals surface area contributed by atoms with Crippen LogP contribution in [0.5, 0.6) is 0 Å². The summed E-state index contributed by atoms with van der Waals surface area (Å²) in [5.74, 6) is 0.148. The first-order valence-corrected chi connectivity index (χ1v) is 7.84. The van der Waals surface area contributed by atoms with Crippen molar-refractivity contribution in [3.05, 3.63) is 22.4 Å². The molecule has 4 nitrogen and oxygen atoms in total. The Balaban J connectivity index is 2.21. The van der Waals surface area contributed by atoms with Crippen molar-refractivity contribution < 1.29 is 4.79 Å². The van der Waals surface area contributed by atoms with E-state index in [1.807, 2.05) is 17.2 Å². The summed E-state index contributed by atoms with van der Waals surface area (Å²) in [5.41, 5.74) is 0.794. The van der Waals surface area contributed by atoms with Gasteiger partial charge in [-0.05, 0) is 48.3 Å². The van der Waals surface area contributed by atoms with Gasteiger partial charge in [0, 0.05) is 36.3 Å². The lowest BCUT2D eigenvalue weighted by Crippen LogP contribution is -2.42. The van der Waals surface area contributed by atoms with Crippen molar-refractivity contribution in [1.82, 2.24) is 14.8 Å². The molecule has 0 bridgehead atoms. The predicted molar refractivity (Wildman–Crippen MR) is 80.4 cm³/mol. The summed E-state index contributed by atoms with van der Waals surface area (Å²) < 4.78 is 3.03. The van der Waals surface area contributed by atoms with Crippen molar-refractivity contribution in [2.75, 3.05) is 19.6 Å². The molecule has 0 aromatic carbocycles. The van der Waals surface area contributed by atoms with Gasteiger partial charge in [0.05, 0.1) is 0 Å². The number of hydrogen-bond donors (Lipinski definition) is 1. The largest absolute Gasteiger partial charge is 0.342 e. The Kier molecular flexibility index (Phi) is 5.05. The molecule has 0 saturated carbocycles. The highest BCUT2D eigenvalue weighted by atomic mass is 79.9. The molecule has 1 atom stereocenters. The molecule has 0 spiro atoms. The van der Waals surface area contributed by atoms with E-state index in [2.05, 4.69) is 39.7 Å². The molecule has 2 heterocycles. The maximum atomic E-state index is 12.7. The number of nitrogens with one attached hydrogen (secondary N) is 1. The van der Waals surface area contributed by atoms with Crippen LogP contribution in [-0.2, 0) is 6.54 Å². The van der Waals surface area contributed by atoms with E-state index in [-0.39, 0.29) is 5.91 Å². The number of carbonyl (C=O) groups excluding carboxylic acids is 1. The molecule has 2 rings (SSSR count). The predicted octanol–water partition coefficient (Wildman–Crippen LogP) is 2.48. The number of rotatable bonds is 5.